The van der Waals surface area contributed by atoms with Gasteiger partial charge in [0, 0.05) is 16.4 Å². The molecular weight excluding hydrogens is 411 g/mol. The zero-order valence-corrected chi connectivity index (χ0v) is 17.2. The quantitative estimate of drug-likeness (QED) is 0.473. The van der Waals surface area contributed by atoms with E-state index in [2.05, 4.69) is 0 Å². The largest absolute Gasteiger partial charge is 0.315 e. The molecule has 0 spiro atoms. The molecule has 1 saturated heterocycles. The van der Waals surface area contributed by atoms with Crippen molar-refractivity contribution in [3.8, 4) is 5.69 Å². The molecular formula is C22H16ClFN2O2S. The van der Waals surface area contributed by atoms with E-state index in [1.807, 2.05) is 19.9 Å². The Bertz CT molecular complexity index is 1170. The number of carbonyl (C=O) groups is 2. The molecule has 0 atom stereocenters. The number of rotatable bonds is 3. The molecule has 3 aromatic rings. The maximum Gasteiger partial charge on any atom is 0.298 e. The first-order chi connectivity index (χ1) is 13.9. The molecule has 146 valence electrons. The summed E-state index contributed by atoms with van der Waals surface area (Å²) >= 11 is 6.77. The van der Waals surface area contributed by atoms with Crippen molar-refractivity contribution in [2.24, 2.45) is 0 Å². The summed E-state index contributed by atoms with van der Waals surface area (Å²) in [5, 5.41) is 0.156. The number of imide groups is 1. The van der Waals surface area contributed by atoms with Crippen LogP contribution in [0.5, 0.6) is 0 Å². The van der Waals surface area contributed by atoms with Gasteiger partial charge in [-0.05, 0) is 79.7 Å². The van der Waals surface area contributed by atoms with E-state index >= 15 is 0 Å². The third-order valence-corrected chi connectivity index (χ3v) is 5.85. The van der Waals surface area contributed by atoms with Crippen molar-refractivity contribution in [1.82, 2.24) is 4.57 Å². The number of aryl methyl sites for hydroxylation is 1. The average molecular weight is 427 g/mol. The van der Waals surface area contributed by atoms with Crippen molar-refractivity contribution in [3.63, 3.8) is 0 Å². The lowest BCUT2D eigenvalue weighted by Crippen LogP contribution is -2.27. The first-order valence-corrected chi connectivity index (χ1v) is 10.0. The molecule has 0 bridgehead atoms. The van der Waals surface area contributed by atoms with E-state index in [4.69, 9.17) is 11.6 Å². The van der Waals surface area contributed by atoms with Gasteiger partial charge >= 0.3 is 0 Å². The van der Waals surface area contributed by atoms with Crippen molar-refractivity contribution in [1.29, 1.82) is 0 Å². The lowest BCUT2D eigenvalue weighted by Gasteiger charge is -2.12. The van der Waals surface area contributed by atoms with Crippen molar-refractivity contribution < 1.29 is 14.0 Å². The van der Waals surface area contributed by atoms with Gasteiger partial charge in [0.05, 0.1) is 16.3 Å². The van der Waals surface area contributed by atoms with E-state index in [0.717, 1.165) is 33.6 Å². The predicted octanol–water partition coefficient (Wildman–Crippen LogP) is 6.13. The van der Waals surface area contributed by atoms with Crippen LogP contribution in [-0.2, 0) is 4.79 Å². The number of thioether (sulfide) groups is 1. The molecule has 7 heteroatoms. The molecule has 4 rings (SSSR count). The van der Waals surface area contributed by atoms with Crippen LogP contribution < -0.4 is 4.90 Å². The number of nitrogens with zero attached hydrogens (tertiary/aromatic N) is 2. The number of anilines is 1. The first kappa shape index (κ1) is 19.5. The molecule has 29 heavy (non-hydrogen) atoms. The number of amides is 2. The van der Waals surface area contributed by atoms with E-state index in [-0.39, 0.29) is 11.1 Å². The Morgan fingerprint density at radius 3 is 2.41 bits per heavy atom. The second-order valence-corrected chi connectivity index (χ2v) is 8.04. The lowest BCUT2D eigenvalue weighted by molar-refractivity contribution is -0.113. The minimum atomic E-state index is -0.391. The Labute approximate surface area is 176 Å². The number of hydrogen-bond acceptors (Lipinski definition) is 3. The molecule has 2 heterocycles. The highest BCUT2D eigenvalue weighted by atomic mass is 35.5. The van der Waals surface area contributed by atoms with Crippen LogP contribution in [0.2, 0.25) is 5.02 Å². The minimum absolute atomic E-state index is 0.318. The second-order valence-electron chi connectivity index (χ2n) is 6.61. The van der Waals surface area contributed by atoms with E-state index in [1.165, 1.54) is 6.07 Å². The van der Waals surface area contributed by atoms with E-state index in [0.29, 0.717) is 21.3 Å². The number of para-hydroxylation sites is 1. The van der Waals surface area contributed by atoms with Gasteiger partial charge in [0.2, 0.25) is 0 Å². The van der Waals surface area contributed by atoms with Gasteiger partial charge in [-0.15, -0.1) is 0 Å². The summed E-state index contributed by atoms with van der Waals surface area (Å²) in [7, 11) is 0. The topological polar surface area (TPSA) is 42.3 Å². The van der Waals surface area contributed by atoms with Gasteiger partial charge in [0.15, 0.2) is 0 Å². The molecule has 4 nitrogen and oxygen atoms in total. The summed E-state index contributed by atoms with van der Waals surface area (Å²) in [4.78, 5) is 26.7. The summed E-state index contributed by atoms with van der Waals surface area (Å²) in [6.07, 6.45) is 1.68. The SMILES string of the molecule is Cc1cc(/C=C2\SC(=O)N(c3ccc(Cl)cc3)C2=O)c(C)n1-c1ccccc1F. The number of hydrogen-bond donors (Lipinski definition) is 0. The molecule has 0 unspecified atom stereocenters. The number of benzene rings is 2. The summed E-state index contributed by atoms with van der Waals surface area (Å²) in [5.74, 6) is -0.720. The van der Waals surface area contributed by atoms with Crippen LogP contribution in [0.3, 0.4) is 0 Å². The predicted molar refractivity (Wildman–Crippen MR) is 115 cm³/mol. The van der Waals surface area contributed by atoms with Gasteiger partial charge < -0.3 is 4.57 Å². The fraction of sp³-hybridized carbons (Fsp3) is 0.0909. The first-order valence-electron chi connectivity index (χ1n) is 8.84. The van der Waals surface area contributed by atoms with E-state index in [9.17, 15) is 14.0 Å². The Balaban J connectivity index is 1.71. The second kappa shape index (κ2) is 7.54. The monoisotopic (exact) mass is 426 g/mol. The maximum atomic E-state index is 14.3. The molecule has 1 aliphatic rings. The summed E-state index contributed by atoms with van der Waals surface area (Å²) in [5.41, 5.74) is 3.28. The Kier molecular flexibility index (Phi) is 5.06. The smallest absolute Gasteiger partial charge is 0.298 e. The molecule has 0 radical (unpaired) electrons. The standard InChI is InChI=1S/C22H16ClFN2O2S/c1-13-11-15(14(2)25(13)19-6-4-3-5-18(19)24)12-20-21(27)26(22(28)29-20)17-9-7-16(23)8-10-17/h3-12H,1-2H3/b20-12-. The van der Waals surface area contributed by atoms with Gasteiger partial charge in [0.25, 0.3) is 11.1 Å². The Morgan fingerprint density at radius 2 is 1.72 bits per heavy atom. The maximum absolute atomic E-state index is 14.3. The highest BCUT2D eigenvalue weighted by Crippen LogP contribution is 2.37. The van der Waals surface area contributed by atoms with Gasteiger partial charge in [-0.3, -0.25) is 9.59 Å². The molecule has 1 fully saturated rings. The van der Waals surface area contributed by atoms with Crippen molar-refractivity contribution >= 4 is 46.3 Å². The molecule has 2 amide bonds. The fourth-order valence-corrected chi connectivity index (χ4v) is 4.32. The van der Waals surface area contributed by atoms with Crippen LogP contribution in [0.15, 0.2) is 59.5 Å². The van der Waals surface area contributed by atoms with Gasteiger partial charge in [-0.25, -0.2) is 9.29 Å². The van der Waals surface area contributed by atoms with Crippen molar-refractivity contribution in [3.05, 3.63) is 87.3 Å². The van der Waals surface area contributed by atoms with Crippen molar-refractivity contribution in [2.75, 3.05) is 4.90 Å². The third-order valence-electron chi connectivity index (χ3n) is 4.73. The summed E-state index contributed by atoms with van der Waals surface area (Å²) in [6, 6.07) is 14.9. The van der Waals surface area contributed by atoms with Crippen LogP contribution in [0.4, 0.5) is 14.9 Å². The van der Waals surface area contributed by atoms with Crippen LogP contribution in [0.1, 0.15) is 17.0 Å². The number of carbonyl (C=O) groups excluding carboxylic acids is 2. The van der Waals surface area contributed by atoms with Gasteiger partial charge in [-0.1, -0.05) is 23.7 Å². The zero-order valence-electron chi connectivity index (χ0n) is 15.6. The fourth-order valence-electron chi connectivity index (χ4n) is 3.36. The molecule has 0 aliphatic carbocycles. The normalized spacial score (nSPS) is 15.6. The number of aromatic nitrogens is 1. The zero-order chi connectivity index (χ0) is 20.7. The summed E-state index contributed by atoms with van der Waals surface area (Å²) in [6.45, 7) is 3.73. The average Bonchev–Trinajstić information content (AvgIpc) is 3.12. The molecule has 0 saturated carbocycles. The highest BCUT2D eigenvalue weighted by molar-refractivity contribution is 8.19. The molecule has 2 aromatic carbocycles. The lowest BCUT2D eigenvalue weighted by atomic mass is 10.2. The van der Waals surface area contributed by atoms with Crippen LogP contribution in [0.25, 0.3) is 11.8 Å². The van der Waals surface area contributed by atoms with E-state index < -0.39 is 5.91 Å². The van der Waals surface area contributed by atoms with Gasteiger partial charge in [-0.2, -0.15) is 0 Å². The van der Waals surface area contributed by atoms with Crippen molar-refractivity contribution in [2.45, 2.75) is 13.8 Å². The van der Waals surface area contributed by atoms with Crippen LogP contribution in [-0.4, -0.2) is 15.7 Å². The summed E-state index contributed by atoms with van der Waals surface area (Å²) < 4.78 is 16.1. The minimum Gasteiger partial charge on any atom is -0.315 e. The Morgan fingerprint density at radius 1 is 1.03 bits per heavy atom. The highest BCUT2D eigenvalue weighted by Gasteiger charge is 2.36. The number of halogens is 2. The molecule has 0 N–H and O–H groups in total. The molecule has 1 aromatic heterocycles. The Hall–Kier alpha value is -2.83. The molecule has 1 aliphatic heterocycles. The van der Waals surface area contributed by atoms with Crippen LogP contribution >= 0.6 is 23.4 Å². The van der Waals surface area contributed by atoms with Crippen LogP contribution in [0, 0.1) is 19.7 Å². The van der Waals surface area contributed by atoms with E-state index in [1.54, 1.807) is 53.1 Å². The van der Waals surface area contributed by atoms with Gasteiger partial charge in [0.1, 0.15) is 5.82 Å². The third kappa shape index (κ3) is 3.50.